The average Bonchev–Trinajstić information content (AvgIpc) is 2.75. The van der Waals surface area contributed by atoms with E-state index in [1.54, 1.807) is 12.1 Å². The van der Waals surface area contributed by atoms with Crippen LogP contribution in [0.2, 0.25) is 0 Å². The van der Waals surface area contributed by atoms with Gasteiger partial charge in [-0.2, -0.15) is 0 Å². The van der Waals surface area contributed by atoms with E-state index in [1.165, 1.54) is 25.7 Å². The normalized spacial score (nSPS) is 24.6. The lowest BCUT2D eigenvalue weighted by molar-refractivity contribution is -0.131. The van der Waals surface area contributed by atoms with E-state index in [0.29, 0.717) is 0 Å². The maximum atomic E-state index is 12.0. The SMILES string of the molecule is CC(=O)Oc1ccccc1C(=O)OCC1COP(C)(=O)O1. The molecule has 2 atom stereocenters. The highest BCUT2D eigenvalue weighted by Gasteiger charge is 2.33. The third-order valence-electron chi connectivity index (χ3n) is 2.60. The van der Waals surface area contributed by atoms with Gasteiger partial charge in [0.1, 0.15) is 24.0 Å². The van der Waals surface area contributed by atoms with Crippen LogP contribution in [0, 0.1) is 0 Å². The van der Waals surface area contributed by atoms with Crippen LogP contribution < -0.4 is 4.74 Å². The largest absolute Gasteiger partial charge is 0.459 e. The van der Waals surface area contributed by atoms with Crippen LogP contribution in [0.25, 0.3) is 0 Å². The number of para-hydroxylation sites is 1. The molecule has 114 valence electrons. The predicted molar refractivity (Wildman–Crippen MR) is 72.4 cm³/mol. The zero-order valence-electron chi connectivity index (χ0n) is 11.6. The number of hydrogen-bond donors (Lipinski definition) is 0. The summed E-state index contributed by atoms with van der Waals surface area (Å²) in [4.78, 5) is 23.0. The van der Waals surface area contributed by atoms with Gasteiger partial charge < -0.3 is 14.0 Å². The van der Waals surface area contributed by atoms with E-state index in [4.69, 9.17) is 18.5 Å². The Kier molecular flexibility index (Phi) is 4.77. The lowest BCUT2D eigenvalue weighted by Gasteiger charge is -2.11. The maximum Gasteiger partial charge on any atom is 0.342 e. The second-order valence-corrected chi connectivity index (χ2v) is 6.49. The molecule has 0 bridgehead atoms. The number of rotatable bonds is 4. The summed E-state index contributed by atoms with van der Waals surface area (Å²) in [5.74, 6) is -1.07. The van der Waals surface area contributed by atoms with Gasteiger partial charge in [-0.3, -0.25) is 13.9 Å². The van der Waals surface area contributed by atoms with E-state index >= 15 is 0 Å². The third kappa shape index (κ3) is 4.39. The van der Waals surface area contributed by atoms with Gasteiger partial charge >= 0.3 is 19.5 Å². The second kappa shape index (κ2) is 6.39. The van der Waals surface area contributed by atoms with Crippen molar-refractivity contribution >= 4 is 19.5 Å². The Balaban J connectivity index is 1.98. The van der Waals surface area contributed by atoms with Gasteiger partial charge in [-0.1, -0.05) is 12.1 Å². The van der Waals surface area contributed by atoms with Gasteiger partial charge in [0.25, 0.3) is 0 Å². The number of benzene rings is 1. The summed E-state index contributed by atoms with van der Waals surface area (Å²) in [6, 6.07) is 6.24. The summed E-state index contributed by atoms with van der Waals surface area (Å²) in [7, 11) is -3.02. The lowest BCUT2D eigenvalue weighted by Crippen LogP contribution is -2.20. The van der Waals surface area contributed by atoms with E-state index in [1.807, 2.05) is 0 Å². The van der Waals surface area contributed by atoms with E-state index in [-0.39, 0.29) is 24.5 Å². The molecule has 1 fully saturated rings. The molecule has 0 aliphatic carbocycles. The van der Waals surface area contributed by atoms with E-state index < -0.39 is 25.6 Å². The zero-order chi connectivity index (χ0) is 15.5. The molecular weight excluding hydrogens is 299 g/mol. The van der Waals surface area contributed by atoms with Crippen molar-refractivity contribution in [2.24, 2.45) is 0 Å². The Labute approximate surface area is 121 Å². The molecule has 21 heavy (non-hydrogen) atoms. The first-order valence-electron chi connectivity index (χ1n) is 6.22. The van der Waals surface area contributed by atoms with E-state index in [0.717, 1.165) is 0 Å². The first-order chi connectivity index (χ1) is 9.87. The summed E-state index contributed by atoms with van der Waals surface area (Å²) >= 11 is 0. The van der Waals surface area contributed by atoms with Crippen LogP contribution in [0.4, 0.5) is 0 Å². The van der Waals surface area contributed by atoms with Gasteiger partial charge in [-0.15, -0.1) is 0 Å². The minimum Gasteiger partial charge on any atom is -0.459 e. The fourth-order valence-electron chi connectivity index (χ4n) is 1.75. The number of esters is 2. The molecule has 8 heteroatoms. The summed E-state index contributed by atoms with van der Waals surface area (Å²) in [6.45, 7) is 2.60. The molecule has 1 aromatic rings. The van der Waals surface area contributed by atoms with Crippen LogP contribution >= 0.6 is 7.60 Å². The zero-order valence-corrected chi connectivity index (χ0v) is 12.5. The quantitative estimate of drug-likeness (QED) is 0.477. The summed E-state index contributed by atoms with van der Waals surface area (Å²) in [5, 5.41) is 0. The Bertz CT molecular complexity index is 598. The van der Waals surface area contributed by atoms with Crippen LogP contribution in [0.15, 0.2) is 24.3 Å². The molecular formula is C13H15O7P. The molecule has 0 radical (unpaired) electrons. The van der Waals surface area contributed by atoms with Crippen molar-refractivity contribution in [3.05, 3.63) is 29.8 Å². The van der Waals surface area contributed by atoms with Crippen molar-refractivity contribution in [1.82, 2.24) is 0 Å². The maximum absolute atomic E-state index is 12.0. The van der Waals surface area contributed by atoms with Crippen LogP contribution in [0.3, 0.4) is 0 Å². The number of carbonyl (C=O) groups excluding carboxylic acids is 2. The molecule has 0 amide bonds. The van der Waals surface area contributed by atoms with Crippen molar-refractivity contribution in [3.8, 4) is 5.75 Å². The molecule has 1 aromatic carbocycles. The second-order valence-electron chi connectivity index (χ2n) is 4.48. The van der Waals surface area contributed by atoms with Gasteiger partial charge in [0.15, 0.2) is 0 Å². The minimum absolute atomic E-state index is 0.0922. The highest BCUT2D eigenvalue weighted by Crippen LogP contribution is 2.50. The molecule has 2 unspecified atom stereocenters. The molecule has 0 spiro atoms. The summed E-state index contributed by atoms with van der Waals surface area (Å²) < 4.78 is 31.5. The van der Waals surface area contributed by atoms with Crippen molar-refractivity contribution in [1.29, 1.82) is 0 Å². The van der Waals surface area contributed by atoms with Crippen molar-refractivity contribution in [2.45, 2.75) is 13.0 Å². The van der Waals surface area contributed by atoms with Gasteiger partial charge in [-0.05, 0) is 12.1 Å². The van der Waals surface area contributed by atoms with Gasteiger partial charge in [0.2, 0.25) is 0 Å². The van der Waals surface area contributed by atoms with Gasteiger partial charge in [0, 0.05) is 13.6 Å². The fraction of sp³-hybridized carbons (Fsp3) is 0.385. The number of carbonyl (C=O) groups is 2. The Morgan fingerprint density at radius 2 is 2.10 bits per heavy atom. The summed E-state index contributed by atoms with van der Waals surface area (Å²) in [5.41, 5.74) is 0.131. The van der Waals surface area contributed by atoms with Crippen LogP contribution in [0.5, 0.6) is 5.75 Å². The lowest BCUT2D eigenvalue weighted by atomic mass is 10.2. The van der Waals surface area contributed by atoms with Crippen molar-refractivity contribution < 1.29 is 32.7 Å². The smallest absolute Gasteiger partial charge is 0.342 e. The molecule has 0 saturated carbocycles. The van der Waals surface area contributed by atoms with Crippen LogP contribution in [0.1, 0.15) is 17.3 Å². The predicted octanol–water partition coefficient (Wildman–Crippen LogP) is 2.01. The molecule has 0 aromatic heterocycles. The summed E-state index contributed by atoms with van der Waals surface area (Å²) in [6.07, 6.45) is -0.564. The molecule has 1 saturated heterocycles. The fourth-order valence-corrected chi connectivity index (χ4v) is 2.92. The minimum atomic E-state index is -3.02. The monoisotopic (exact) mass is 314 g/mol. The number of ether oxygens (including phenoxy) is 2. The Hall–Kier alpha value is -1.69. The Morgan fingerprint density at radius 3 is 2.71 bits per heavy atom. The standard InChI is InChI=1S/C13H15O7P/c1-9(14)19-12-6-4-3-5-11(12)13(15)17-7-10-8-18-21(2,16)20-10/h3-6,10H,7-8H2,1-2H3. The molecule has 2 rings (SSSR count). The third-order valence-corrected chi connectivity index (χ3v) is 3.90. The van der Waals surface area contributed by atoms with Crippen molar-refractivity contribution in [2.75, 3.05) is 19.9 Å². The van der Waals surface area contributed by atoms with E-state index in [9.17, 15) is 14.2 Å². The topological polar surface area (TPSA) is 88.1 Å². The van der Waals surface area contributed by atoms with Gasteiger partial charge in [-0.25, -0.2) is 4.79 Å². The number of hydrogen-bond acceptors (Lipinski definition) is 7. The molecule has 7 nitrogen and oxygen atoms in total. The molecule has 1 heterocycles. The van der Waals surface area contributed by atoms with E-state index in [2.05, 4.69) is 0 Å². The highest BCUT2D eigenvalue weighted by molar-refractivity contribution is 7.53. The van der Waals surface area contributed by atoms with Crippen LogP contribution in [-0.2, 0) is 23.1 Å². The molecule has 1 aliphatic rings. The Morgan fingerprint density at radius 1 is 1.38 bits per heavy atom. The molecule has 1 aliphatic heterocycles. The van der Waals surface area contributed by atoms with Gasteiger partial charge in [0.05, 0.1) is 6.61 Å². The highest BCUT2D eigenvalue weighted by atomic mass is 31.2. The van der Waals surface area contributed by atoms with Crippen LogP contribution in [-0.4, -0.2) is 37.9 Å². The first kappa shape index (κ1) is 15.7. The average molecular weight is 314 g/mol. The molecule has 0 N–H and O–H groups in total. The first-order valence-corrected chi connectivity index (χ1v) is 8.21. The van der Waals surface area contributed by atoms with Crippen molar-refractivity contribution in [3.63, 3.8) is 0 Å².